The van der Waals surface area contributed by atoms with E-state index in [-0.39, 0.29) is 6.61 Å². The van der Waals surface area contributed by atoms with E-state index in [1.54, 1.807) is 7.11 Å². The number of hydrogen-bond acceptors (Lipinski definition) is 6. The highest BCUT2D eigenvalue weighted by Gasteiger charge is 2.21. The van der Waals surface area contributed by atoms with Crippen LogP contribution in [0, 0.1) is 0 Å². The van der Waals surface area contributed by atoms with Crippen molar-refractivity contribution in [2.75, 3.05) is 20.3 Å². The molecule has 0 aliphatic carbocycles. The quantitative estimate of drug-likeness (QED) is 0.677. The van der Waals surface area contributed by atoms with E-state index in [1.165, 1.54) is 0 Å². The molecule has 3 heterocycles. The molecule has 0 spiro atoms. The van der Waals surface area contributed by atoms with Gasteiger partial charge in [0.05, 0.1) is 37.8 Å². The smallest absolute Gasteiger partial charge is 0.144 e. The third-order valence-corrected chi connectivity index (χ3v) is 4.78. The number of para-hydroxylation sites is 2. The van der Waals surface area contributed by atoms with E-state index in [0.29, 0.717) is 5.69 Å². The van der Waals surface area contributed by atoms with Crippen LogP contribution in [0.15, 0.2) is 42.7 Å². The Bertz CT molecular complexity index is 920. The minimum absolute atomic E-state index is 0.317. The van der Waals surface area contributed by atoms with E-state index in [2.05, 4.69) is 15.1 Å². The summed E-state index contributed by atoms with van der Waals surface area (Å²) in [5.41, 5.74) is 3.59. The first kappa shape index (κ1) is 17.7. The molecule has 27 heavy (non-hydrogen) atoms. The highest BCUT2D eigenvalue weighted by atomic mass is 16.5. The van der Waals surface area contributed by atoms with Gasteiger partial charge in [0.15, 0.2) is 0 Å². The van der Waals surface area contributed by atoms with Gasteiger partial charge in [0.1, 0.15) is 17.5 Å². The minimum atomic E-state index is -0.921. The minimum Gasteiger partial charge on any atom is -0.494 e. The maximum absolute atomic E-state index is 9.77. The average Bonchev–Trinajstić information content (AvgIpc) is 3.34. The monoisotopic (exact) mass is 369 g/mol. The lowest BCUT2D eigenvalue weighted by Crippen LogP contribution is -2.33. The summed E-state index contributed by atoms with van der Waals surface area (Å²) in [7, 11) is 1.65. The van der Waals surface area contributed by atoms with E-state index >= 15 is 0 Å². The summed E-state index contributed by atoms with van der Waals surface area (Å²) in [5.74, 6) is 0.781. The molecule has 8 nitrogen and oxygen atoms in total. The van der Waals surface area contributed by atoms with Crippen LogP contribution in [0.25, 0.3) is 5.69 Å². The van der Waals surface area contributed by atoms with Crippen molar-refractivity contribution in [2.24, 2.45) is 0 Å². The lowest BCUT2D eigenvalue weighted by molar-refractivity contribution is 0.0915. The number of hydrogen-bond donors (Lipinski definition) is 2. The van der Waals surface area contributed by atoms with Crippen LogP contribution in [0.2, 0.25) is 0 Å². The molecule has 1 atom stereocenters. The van der Waals surface area contributed by atoms with Crippen molar-refractivity contribution in [3.8, 4) is 11.4 Å². The van der Waals surface area contributed by atoms with Gasteiger partial charge in [0.2, 0.25) is 0 Å². The number of aromatic nitrogens is 4. The second-order valence-electron chi connectivity index (χ2n) is 6.66. The molecule has 4 rings (SSSR count). The Hall–Kier alpha value is -2.68. The van der Waals surface area contributed by atoms with Crippen molar-refractivity contribution in [1.82, 2.24) is 24.5 Å². The third-order valence-electron chi connectivity index (χ3n) is 4.78. The lowest BCUT2D eigenvalue weighted by Gasteiger charge is -2.26. The van der Waals surface area contributed by atoms with Crippen LogP contribution >= 0.6 is 0 Å². The first-order valence-corrected chi connectivity index (χ1v) is 8.93. The van der Waals surface area contributed by atoms with Crippen molar-refractivity contribution < 1.29 is 14.9 Å². The molecule has 0 bridgehead atoms. The zero-order valence-corrected chi connectivity index (χ0v) is 15.2. The Morgan fingerprint density at radius 1 is 1.26 bits per heavy atom. The van der Waals surface area contributed by atoms with E-state index in [4.69, 9.17) is 9.84 Å². The predicted molar refractivity (Wildman–Crippen MR) is 98.5 cm³/mol. The van der Waals surface area contributed by atoms with E-state index in [1.807, 2.05) is 52.1 Å². The molecule has 2 N–H and O–H groups in total. The van der Waals surface area contributed by atoms with Crippen LogP contribution in [0.1, 0.15) is 23.1 Å². The summed E-state index contributed by atoms with van der Waals surface area (Å²) in [5, 5.41) is 27.7. The summed E-state index contributed by atoms with van der Waals surface area (Å²) in [4.78, 5) is 2.32. The van der Waals surface area contributed by atoms with E-state index < -0.39 is 6.10 Å². The molecule has 0 amide bonds. The maximum atomic E-state index is 9.77. The topological polar surface area (TPSA) is 88.6 Å². The average molecular weight is 369 g/mol. The predicted octanol–water partition coefficient (Wildman–Crippen LogP) is 1.12. The Balaban J connectivity index is 1.46. The molecule has 0 saturated heterocycles. The third kappa shape index (κ3) is 3.59. The molecular formula is C19H23N5O3. The second-order valence-corrected chi connectivity index (χ2v) is 6.66. The largest absolute Gasteiger partial charge is 0.494 e. The summed E-state index contributed by atoms with van der Waals surface area (Å²) in [6, 6.07) is 9.66. The van der Waals surface area contributed by atoms with Gasteiger partial charge in [-0.25, -0.2) is 4.68 Å². The number of ether oxygens (including phenoxy) is 1. The zero-order valence-electron chi connectivity index (χ0n) is 15.2. The van der Waals surface area contributed by atoms with Gasteiger partial charge in [0, 0.05) is 31.4 Å². The highest BCUT2D eigenvalue weighted by Crippen LogP contribution is 2.23. The van der Waals surface area contributed by atoms with Crippen LogP contribution in [-0.2, 0) is 19.6 Å². The summed E-state index contributed by atoms with van der Waals surface area (Å²) < 4.78 is 9.15. The molecule has 2 aromatic heterocycles. The van der Waals surface area contributed by atoms with Crippen LogP contribution in [0.4, 0.5) is 0 Å². The van der Waals surface area contributed by atoms with Crippen molar-refractivity contribution in [3.63, 3.8) is 0 Å². The van der Waals surface area contributed by atoms with Crippen molar-refractivity contribution in [3.05, 3.63) is 59.7 Å². The number of aliphatic hydroxyl groups excluding tert-OH is 2. The molecule has 1 aliphatic heterocycles. The Kier molecular flexibility index (Phi) is 4.93. The van der Waals surface area contributed by atoms with Gasteiger partial charge in [-0.3, -0.25) is 9.58 Å². The summed E-state index contributed by atoms with van der Waals surface area (Å²) >= 11 is 0. The van der Waals surface area contributed by atoms with Crippen molar-refractivity contribution in [1.29, 1.82) is 0 Å². The van der Waals surface area contributed by atoms with Crippen LogP contribution < -0.4 is 4.74 Å². The fraction of sp³-hybridized carbons (Fsp3) is 0.368. The Labute approximate surface area is 157 Å². The van der Waals surface area contributed by atoms with Gasteiger partial charge in [0.25, 0.3) is 0 Å². The number of aliphatic hydroxyl groups is 2. The molecule has 0 unspecified atom stereocenters. The van der Waals surface area contributed by atoms with Crippen LogP contribution in [-0.4, -0.2) is 54.9 Å². The number of benzene rings is 1. The molecule has 3 aromatic rings. The molecule has 8 heteroatoms. The fourth-order valence-electron chi connectivity index (χ4n) is 3.38. The normalized spacial score (nSPS) is 15.5. The maximum Gasteiger partial charge on any atom is 0.144 e. The Morgan fingerprint density at radius 3 is 2.93 bits per heavy atom. The standard InChI is InChI=1S/C19H23N5O3/c1-27-19-5-3-2-4-17(19)24-11-14(9-20-24)10-22-6-7-23-15(12-22)8-16(21-23)18(26)13-25/h2-5,8-9,11,18,25-26H,6-7,10,12-13H2,1H3/t18-/m0/s1. The van der Waals surface area contributed by atoms with Crippen molar-refractivity contribution >= 4 is 0 Å². The molecule has 0 saturated carbocycles. The zero-order chi connectivity index (χ0) is 18.8. The lowest BCUT2D eigenvalue weighted by atomic mass is 10.2. The van der Waals surface area contributed by atoms with Crippen molar-refractivity contribution in [2.45, 2.75) is 25.7 Å². The second kappa shape index (κ2) is 7.51. The summed E-state index contributed by atoms with van der Waals surface area (Å²) in [6.45, 7) is 2.82. The molecule has 0 fully saturated rings. The number of nitrogens with zero attached hydrogens (tertiary/aromatic N) is 5. The van der Waals surface area contributed by atoms with Gasteiger partial charge in [-0.15, -0.1) is 0 Å². The van der Waals surface area contributed by atoms with Gasteiger partial charge in [-0.1, -0.05) is 12.1 Å². The molecule has 1 aliphatic rings. The van der Waals surface area contributed by atoms with E-state index in [0.717, 1.165) is 48.9 Å². The number of methoxy groups -OCH3 is 1. The van der Waals surface area contributed by atoms with E-state index in [9.17, 15) is 5.11 Å². The van der Waals surface area contributed by atoms with Gasteiger partial charge in [-0.05, 0) is 18.2 Å². The molecular weight excluding hydrogens is 346 g/mol. The van der Waals surface area contributed by atoms with Crippen LogP contribution in [0.5, 0.6) is 5.75 Å². The number of fused-ring (bicyclic) bond motifs is 1. The molecule has 0 radical (unpaired) electrons. The first-order chi connectivity index (χ1) is 13.2. The molecule has 1 aromatic carbocycles. The summed E-state index contributed by atoms with van der Waals surface area (Å²) in [6.07, 6.45) is 2.97. The SMILES string of the molecule is COc1ccccc1-n1cc(CN2CCn3nc([C@@H](O)CO)cc3C2)cn1. The Morgan fingerprint density at radius 2 is 2.11 bits per heavy atom. The van der Waals surface area contributed by atoms with Gasteiger partial charge in [-0.2, -0.15) is 10.2 Å². The first-order valence-electron chi connectivity index (χ1n) is 8.93. The fourth-order valence-corrected chi connectivity index (χ4v) is 3.38. The highest BCUT2D eigenvalue weighted by molar-refractivity contribution is 5.46. The van der Waals surface area contributed by atoms with Crippen LogP contribution in [0.3, 0.4) is 0 Å². The number of rotatable bonds is 6. The molecule has 142 valence electrons. The van der Waals surface area contributed by atoms with Gasteiger partial charge < -0.3 is 14.9 Å². The van der Waals surface area contributed by atoms with Gasteiger partial charge >= 0.3 is 0 Å².